The number of ether oxygens (including phenoxy) is 6. The van der Waals surface area contributed by atoms with Gasteiger partial charge in [-0.25, -0.2) is 19.2 Å². The highest BCUT2D eigenvalue weighted by Gasteiger charge is 2.78. The Morgan fingerprint density at radius 1 is 0.784 bits per heavy atom. The molecule has 4 heterocycles. The number of rotatable bonds is 6. The van der Waals surface area contributed by atoms with Gasteiger partial charge in [-0.1, -0.05) is 27.7 Å². The molecule has 0 radical (unpaired) electrons. The third kappa shape index (κ3) is 4.10. The Morgan fingerprint density at radius 3 is 1.78 bits per heavy atom. The van der Waals surface area contributed by atoms with E-state index in [1.807, 2.05) is 0 Å². The molecule has 4 fully saturated rings. The predicted octanol–water partition coefficient (Wildman–Crippen LogP) is 4.61. The minimum atomic E-state index is -1.66. The number of carbonyl (C=O) groups excluding carboxylic acids is 5. The maximum absolute atomic E-state index is 14.6. The maximum atomic E-state index is 14.6. The number of esters is 4. The van der Waals surface area contributed by atoms with E-state index < -0.39 is 92.9 Å². The Morgan fingerprint density at radius 2 is 1.31 bits per heavy atom. The van der Waals surface area contributed by atoms with Crippen LogP contribution in [0.3, 0.4) is 0 Å². The van der Waals surface area contributed by atoms with Crippen molar-refractivity contribution in [3.05, 3.63) is 39.2 Å². The van der Waals surface area contributed by atoms with Crippen LogP contribution in [0.1, 0.15) is 104 Å². The van der Waals surface area contributed by atoms with Gasteiger partial charge in [0.15, 0.2) is 12.2 Å². The molecule has 14 nitrogen and oxygen atoms in total. The Hall–Kier alpha value is -4.62. The fraction of sp³-hybridized carbons (Fsp3) is 0.622. The van der Waals surface area contributed by atoms with Crippen LogP contribution in [0.25, 0.3) is 11.0 Å². The average Bonchev–Trinajstić information content (AvgIpc) is 3.49. The quantitative estimate of drug-likeness (QED) is 0.248. The molecule has 274 valence electrons. The summed E-state index contributed by atoms with van der Waals surface area (Å²) >= 11 is 0. The van der Waals surface area contributed by atoms with Gasteiger partial charge in [-0.05, 0) is 78.0 Å². The van der Waals surface area contributed by atoms with Crippen molar-refractivity contribution in [1.29, 1.82) is 0 Å². The van der Waals surface area contributed by atoms with E-state index in [0.717, 1.165) is 0 Å². The molecule has 1 aromatic heterocycles. The number of aryl methyl sites for hydroxylation is 1. The third-order valence-corrected chi connectivity index (χ3v) is 13.7. The summed E-state index contributed by atoms with van der Waals surface area (Å²) in [6.07, 6.45) is -2.74. The smallest absolute Gasteiger partial charge is 0.404 e. The van der Waals surface area contributed by atoms with Crippen molar-refractivity contribution in [2.45, 2.75) is 124 Å². The zero-order valence-electron chi connectivity index (χ0n) is 30.2. The number of hydrogen-bond donors (Lipinski definition) is 1. The molecule has 4 bridgehead atoms. The maximum Gasteiger partial charge on any atom is 0.404 e. The number of hydrogen-bond acceptors (Lipinski definition) is 13. The van der Waals surface area contributed by atoms with E-state index in [9.17, 15) is 28.8 Å². The number of nitrogens with two attached hydrogens (primary N) is 1. The van der Waals surface area contributed by atoms with Crippen molar-refractivity contribution in [2.24, 2.45) is 27.4 Å². The second-order valence-corrected chi connectivity index (χ2v) is 16.7. The lowest BCUT2D eigenvalue weighted by Gasteiger charge is -2.45. The standard InChI is InChI=1S/C37H43NO13/c1-17-18-10-11-20-21(22(18)46-25(39)19(17)16-45-30(38)44)23(47-28(42)36-14-12-34(8,26(40)50-36)32(36,4)5)24(31(2,3)49-20)48-29(43)37-15-13-35(9,27(41)51-37)33(37,6)7/h10-11,23-24H,12-16H2,1-9H3,(H2,38,44)/t23-,24-,34?,35?,36?,37?/m1/s1. The van der Waals surface area contributed by atoms with E-state index in [1.165, 1.54) is 0 Å². The minimum absolute atomic E-state index is 0.0251. The number of benzene rings is 1. The highest BCUT2D eigenvalue weighted by atomic mass is 16.7. The summed E-state index contributed by atoms with van der Waals surface area (Å²) in [4.78, 5) is 80.0. The highest BCUT2D eigenvalue weighted by Crippen LogP contribution is 2.67. The molecule has 6 atom stereocenters. The first-order chi connectivity index (χ1) is 23.5. The second-order valence-electron chi connectivity index (χ2n) is 16.7. The van der Waals surface area contributed by atoms with E-state index in [1.54, 1.807) is 74.4 Å². The Balaban J connectivity index is 1.38. The molecule has 4 unspecified atom stereocenters. The molecule has 2 aromatic rings. The van der Waals surface area contributed by atoms with Crippen LogP contribution < -0.4 is 16.1 Å². The van der Waals surface area contributed by atoms with Crippen molar-refractivity contribution in [2.75, 3.05) is 0 Å². The van der Waals surface area contributed by atoms with Gasteiger partial charge in [-0.2, -0.15) is 0 Å². The molecular weight excluding hydrogens is 666 g/mol. The molecule has 3 aliphatic heterocycles. The van der Waals surface area contributed by atoms with Crippen LogP contribution in [0.2, 0.25) is 0 Å². The summed E-state index contributed by atoms with van der Waals surface area (Å²) in [5.41, 5.74) is -3.67. The molecule has 2 aliphatic carbocycles. The van der Waals surface area contributed by atoms with Gasteiger partial charge in [-0.3, -0.25) is 9.59 Å². The van der Waals surface area contributed by atoms with Crippen molar-refractivity contribution < 1.29 is 56.8 Å². The number of primary amides is 1. The van der Waals surface area contributed by atoms with Crippen molar-refractivity contribution in [1.82, 2.24) is 0 Å². The zero-order chi connectivity index (χ0) is 37.5. The lowest BCUT2D eigenvalue weighted by Crippen LogP contribution is -2.57. The lowest BCUT2D eigenvalue weighted by molar-refractivity contribution is -0.217. The van der Waals surface area contributed by atoms with Crippen molar-refractivity contribution in [3.63, 3.8) is 0 Å². The van der Waals surface area contributed by atoms with Crippen LogP contribution in [0.4, 0.5) is 4.79 Å². The van der Waals surface area contributed by atoms with Crippen LogP contribution in [0.15, 0.2) is 21.3 Å². The summed E-state index contributed by atoms with van der Waals surface area (Å²) in [6, 6.07) is 3.25. The van der Waals surface area contributed by atoms with Gasteiger partial charge in [-0.15, -0.1) is 0 Å². The summed E-state index contributed by atoms with van der Waals surface area (Å²) in [7, 11) is 0. The van der Waals surface area contributed by atoms with Crippen molar-refractivity contribution >= 4 is 40.9 Å². The van der Waals surface area contributed by atoms with Crippen LogP contribution >= 0.6 is 0 Å². The molecule has 14 heteroatoms. The first-order valence-electron chi connectivity index (χ1n) is 17.1. The fourth-order valence-corrected chi connectivity index (χ4v) is 9.13. The van der Waals surface area contributed by atoms with Gasteiger partial charge in [0.2, 0.25) is 11.2 Å². The molecule has 2 N–H and O–H groups in total. The molecule has 2 saturated carbocycles. The van der Waals surface area contributed by atoms with Crippen LogP contribution in [0, 0.1) is 28.6 Å². The van der Waals surface area contributed by atoms with E-state index in [2.05, 4.69) is 0 Å². The van der Waals surface area contributed by atoms with Crippen LogP contribution in [-0.4, -0.2) is 52.9 Å². The average molecular weight is 710 g/mol. The summed E-state index contributed by atoms with van der Waals surface area (Å²) < 4.78 is 41.6. The first-order valence-corrected chi connectivity index (χ1v) is 17.1. The van der Waals surface area contributed by atoms with E-state index in [0.29, 0.717) is 23.8 Å². The molecule has 0 spiro atoms. The molecule has 51 heavy (non-hydrogen) atoms. The Bertz CT molecular complexity index is 2030. The molecule has 2 saturated heterocycles. The Labute approximate surface area is 293 Å². The zero-order valence-corrected chi connectivity index (χ0v) is 30.2. The van der Waals surface area contributed by atoms with Gasteiger partial charge < -0.3 is 38.6 Å². The molecule has 1 amide bonds. The van der Waals surface area contributed by atoms with Crippen LogP contribution in [-0.2, 0) is 49.5 Å². The minimum Gasteiger partial charge on any atom is -0.483 e. The van der Waals surface area contributed by atoms with Crippen LogP contribution in [0.5, 0.6) is 5.75 Å². The predicted molar refractivity (Wildman–Crippen MR) is 175 cm³/mol. The van der Waals surface area contributed by atoms with Crippen molar-refractivity contribution in [3.8, 4) is 5.75 Å². The topological polar surface area (TPSA) is 197 Å². The molecule has 5 aliphatic rings. The summed E-state index contributed by atoms with van der Waals surface area (Å²) in [6.45, 7) is 15.2. The van der Waals surface area contributed by atoms with E-state index in [4.69, 9.17) is 38.6 Å². The number of fused-ring (bicyclic) bond motifs is 7. The molecular formula is C37H43NO13. The van der Waals surface area contributed by atoms with E-state index >= 15 is 0 Å². The molecule has 7 rings (SSSR count). The largest absolute Gasteiger partial charge is 0.483 e. The van der Waals surface area contributed by atoms with Gasteiger partial charge in [0.25, 0.3) is 0 Å². The van der Waals surface area contributed by atoms with Gasteiger partial charge in [0, 0.05) is 16.2 Å². The first kappa shape index (κ1) is 34.8. The highest BCUT2D eigenvalue weighted by molar-refractivity contribution is 5.95. The monoisotopic (exact) mass is 709 g/mol. The summed E-state index contributed by atoms with van der Waals surface area (Å²) in [5, 5.41) is 0.390. The fourth-order valence-electron chi connectivity index (χ4n) is 9.13. The van der Waals surface area contributed by atoms with Gasteiger partial charge >= 0.3 is 35.6 Å². The van der Waals surface area contributed by atoms with E-state index in [-0.39, 0.29) is 35.3 Å². The third-order valence-electron chi connectivity index (χ3n) is 13.7. The molecule has 1 aromatic carbocycles. The van der Waals surface area contributed by atoms with Gasteiger partial charge in [0.1, 0.15) is 23.5 Å². The summed E-state index contributed by atoms with van der Waals surface area (Å²) in [5.74, 6) is -2.54. The second kappa shape index (κ2) is 10.3. The normalized spacial score (nSPS) is 34.7. The number of carbonyl (C=O) groups is 5. The Kier molecular flexibility index (Phi) is 7.00. The lowest BCUT2D eigenvalue weighted by atomic mass is 9.66. The number of amides is 1. The van der Waals surface area contributed by atoms with Gasteiger partial charge in [0.05, 0.1) is 22.0 Å². The SMILES string of the molecule is Cc1c(COC(N)=O)c(=O)oc2c3c(ccc12)OC(C)(C)[C@H](OC(=O)C12CCC(C)(C(=O)O1)C2(C)C)[C@@H]3OC(=O)C12CCC(C)(C(=O)O1)C2(C)C.